The van der Waals surface area contributed by atoms with Gasteiger partial charge in [-0.25, -0.2) is 9.79 Å². The molecule has 0 aliphatic carbocycles. The summed E-state index contributed by atoms with van der Waals surface area (Å²) < 4.78 is 18.3. The van der Waals surface area contributed by atoms with Gasteiger partial charge in [0.2, 0.25) is 0 Å². The molecule has 38 heavy (non-hydrogen) atoms. The molecule has 0 spiro atoms. The molecular weight excluding hydrogens is 514 g/mol. The average Bonchev–Trinajstić information content (AvgIpc) is 3.18. The molecule has 0 saturated carbocycles. The van der Waals surface area contributed by atoms with Crippen molar-refractivity contribution in [3.63, 3.8) is 0 Å². The van der Waals surface area contributed by atoms with Crippen molar-refractivity contribution in [2.45, 2.75) is 26.8 Å². The summed E-state index contributed by atoms with van der Waals surface area (Å²) in [4.78, 5) is 42.4. The number of benzene rings is 2. The fourth-order valence-corrected chi connectivity index (χ4v) is 5.27. The van der Waals surface area contributed by atoms with Crippen LogP contribution in [-0.4, -0.2) is 40.9 Å². The molecule has 2 aromatic carbocycles. The Morgan fingerprint density at radius 2 is 2.03 bits per heavy atom. The molecule has 0 radical (unpaired) electrons. The Bertz CT molecular complexity index is 1640. The number of esters is 1. The maximum atomic E-state index is 13.8. The number of nitro groups is 1. The summed E-state index contributed by atoms with van der Waals surface area (Å²) in [5, 5.41) is 21.0. The number of fused-ring (bicyclic) bond motifs is 1. The summed E-state index contributed by atoms with van der Waals surface area (Å²) in [5.74, 6) is -0.291. The van der Waals surface area contributed by atoms with Crippen LogP contribution in [0.15, 0.2) is 57.5 Å². The highest BCUT2D eigenvalue weighted by atomic mass is 32.1. The SMILES string of the molecule is CCOC(=O)C1=C(C)N=c2s/c(=C/c3ccc(O)c([N+](=O)[O-])c3)c(=O)n2[C@H]1c1cccc(OC)c1OCC. The first-order chi connectivity index (χ1) is 18.2. The van der Waals surface area contributed by atoms with Crippen molar-refractivity contribution in [1.29, 1.82) is 0 Å². The predicted octanol–water partition coefficient (Wildman–Crippen LogP) is 2.82. The van der Waals surface area contributed by atoms with E-state index >= 15 is 0 Å². The van der Waals surface area contributed by atoms with Crippen LogP contribution in [-0.2, 0) is 9.53 Å². The van der Waals surface area contributed by atoms with Crippen LogP contribution >= 0.6 is 11.3 Å². The minimum absolute atomic E-state index is 0.128. The van der Waals surface area contributed by atoms with Crippen molar-refractivity contribution < 1.29 is 29.0 Å². The first kappa shape index (κ1) is 26.6. The summed E-state index contributed by atoms with van der Waals surface area (Å²) in [6.07, 6.45) is 1.48. The number of rotatable bonds is 8. The number of hydrogen-bond donors (Lipinski definition) is 1. The van der Waals surface area contributed by atoms with E-state index in [-0.39, 0.29) is 16.7 Å². The number of para-hydroxylation sites is 1. The molecule has 1 aliphatic heterocycles. The highest BCUT2D eigenvalue weighted by Gasteiger charge is 2.36. The molecule has 198 valence electrons. The van der Waals surface area contributed by atoms with Gasteiger partial charge >= 0.3 is 11.7 Å². The number of aromatic hydroxyl groups is 1. The largest absolute Gasteiger partial charge is 0.502 e. The summed E-state index contributed by atoms with van der Waals surface area (Å²) in [5.41, 5.74) is 0.467. The minimum Gasteiger partial charge on any atom is -0.502 e. The second kappa shape index (κ2) is 10.9. The quantitative estimate of drug-likeness (QED) is 0.262. The van der Waals surface area contributed by atoms with Crippen LogP contribution < -0.4 is 24.4 Å². The van der Waals surface area contributed by atoms with E-state index in [1.165, 1.54) is 36.0 Å². The number of ether oxygens (including phenoxy) is 3. The van der Waals surface area contributed by atoms with Crippen LogP contribution in [0.2, 0.25) is 0 Å². The lowest BCUT2D eigenvalue weighted by Crippen LogP contribution is -2.40. The Labute approximate surface area is 220 Å². The van der Waals surface area contributed by atoms with Gasteiger partial charge in [0.05, 0.1) is 41.0 Å². The number of phenols is 1. The Kier molecular flexibility index (Phi) is 7.62. The zero-order valence-electron chi connectivity index (χ0n) is 21.1. The van der Waals surface area contributed by atoms with Crippen LogP contribution in [0.4, 0.5) is 5.69 Å². The van der Waals surface area contributed by atoms with E-state index in [2.05, 4.69) is 4.99 Å². The molecule has 1 N–H and O–H groups in total. The molecule has 11 nitrogen and oxygen atoms in total. The lowest BCUT2D eigenvalue weighted by molar-refractivity contribution is -0.385. The summed E-state index contributed by atoms with van der Waals surface area (Å²) in [6.45, 7) is 5.60. The second-order valence-electron chi connectivity index (χ2n) is 8.12. The molecule has 0 fully saturated rings. The average molecular weight is 540 g/mol. The van der Waals surface area contributed by atoms with E-state index in [9.17, 15) is 24.8 Å². The molecule has 12 heteroatoms. The Morgan fingerprint density at radius 1 is 1.26 bits per heavy atom. The van der Waals surface area contributed by atoms with E-state index in [1.54, 1.807) is 32.0 Å². The second-order valence-corrected chi connectivity index (χ2v) is 9.13. The van der Waals surface area contributed by atoms with Crippen molar-refractivity contribution in [1.82, 2.24) is 4.57 Å². The van der Waals surface area contributed by atoms with Gasteiger partial charge in [-0.3, -0.25) is 19.5 Å². The van der Waals surface area contributed by atoms with Gasteiger partial charge in [0.25, 0.3) is 5.56 Å². The van der Waals surface area contributed by atoms with E-state index < -0.39 is 33.9 Å². The molecule has 1 aromatic heterocycles. The standard InChI is InChI=1S/C26H25N3O8S/c1-5-36-23-16(8-7-9-19(23)35-4)22-21(25(32)37-6-2)14(3)27-26-28(22)24(31)20(38-26)13-15-10-11-18(30)17(12-15)29(33)34/h7-13,22,30H,5-6H2,1-4H3/b20-13+/t22-/m0/s1. The zero-order valence-corrected chi connectivity index (χ0v) is 21.9. The lowest BCUT2D eigenvalue weighted by atomic mass is 9.94. The number of carbonyl (C=O) groups excluding carboxylic acids is 1. The minimum atomic E-state index is -0.932. The van der Waals surface area contributed by atoms with Gasteiger partial charge in [-0.15, -0.1) is 0 Å². The topological polar surface area (TPSA) is 142 Å². The third-order valence-corrected chi connectivity index (χ3v) is 6.81. The number of nitrogens with zero attached hydrogens (tertiary/aromatic N) is 3. The van der Waals surface area contributed by atoms with Gasteiger partial charge in [-0.1, -0.05) is 29.5 Å². The van der Waals surface area contributed by atoms with Crippen LogP contribution in [0, 0.1) is 10.1 Å². The van der Waals surface area contributed by atoms with Gasteiger partial charge in [-0.2, -0.15) is 0 Å². The fraction of sp³-hybridized carbons (Fsp3) is 0.269. The van der Waals surface area contributed by atoms with Crippen LogP contribution in [0.3, 0.4) is 0 Å². The lowest BCUT2D eigenvalue weighted by Gasteiger charge is -2.26. The van der Waals surface area contributed by atoms with Crippen molar-refractivity contribution >= 4 is 29.1 Å². The van der Waals surface area contributed by atoms with Crippen molar-refractivity contribution in [2.24, 2.45) is 4.99 Å². The van der Waals surface area contributed by atoms with Gasteiger partial charge in [0.15, 0.2) is 22.0 Å². The number of carbonyl (C=O) groups is 1. The Hall–Kier alpha value is -4.45. The highest BCUT2D eigenvalue weighted by molar-refractivity contribution is 7.07. The number of thiazole rings is 1. The van der Waals surface area contributed by atoms with Crippen molar-refractivity contribution in [3.8, 4) is 17.2 Å². The first-order valence-corrected chi connectivity index (χ1v) is 12.5. The fourth-order valence-electron chi connectivity index (χ4n) is 4.22. The molecule has 4 rings (SSSR count). The summed E-state index contributed by atoms with van der Waals surface area (Å²) in [7, 11) is 1.50. The van der Waals surface area contributed by atoms with Gasteiger partial charge in [0.1, 0.15) is 6.04 Å². The van der Waals surface area contributed by atoms with E-state index in [4.69, 9.17) is 14.2 Å². The first-order valence-electron chi connectivity index (χ1n) is 11.7. The molecular formula is C26H25N3O8S. The van der Waals surface area contributed by atoms with E-state index in [1.807, 2.05) is 6.92 Å². The molecule has 0 saturated heterocycles. The van der Waals surface area contributed by atoms with Gasteiger partial charge in [0, 0.05) is 11.6 Å². The summed E-state index contributed by atoms with van der Waals surface area (Å²) >= 11 is 1.07. The van der Waals surface area contributed by atoms with Crippen LogP contribution in [0.5, 0.6) is 17.2 Å². The Balaban J connectivity index is 2.01. The number of nitro benzene ring substituents is 1. The van der Waals surface area contributed by atoms with Crippen molar-refractivity contribution in [2.75, 3.05) is 20.3 Å². The normalized spacial score (nSPS) is 15.1. The van der Waals surface area contributed by atoms with Crippen LogP contribution in [0.25, 0.3) is 6.08 Å². The molecule has 0 amide bonds. The maximum Gasteiger partial charge on any atom is 0.338 e. The number of aromatic nitrogens is 1. The molecule has 3 aromatic rings. The van der Waals surface area contributed by atoms with Gasteiger partial charge < -0.3 is 19.3 Å². The van der Waals surface area contributed by atoms with E-state index in [0.29, 0.717) is 39.7 Å². The third kappa shape index (κ3) is 4.77. The summed E-state index contributed by atoms with van der Waals surface area (Å²) in [6, 6.07) is 8.10. The van der Waals surface area contributed by atoms with Gasteiger partial charge in [-0.05, 0) is 44.5 Å². The predicted molar refractivity (Wildman–Crippen MR) is 139 cm³/mol. The monoisotopic (exact) mass is 539 g/mol. The Morgan fingerprint density at radius 3 is 2.68 bits per heavy atom. The van der Waals surface area contributed by atoms with Crippen molar-refractivity contribution in [3.05, 3.63) is 88.6 Å². The molecule has 0 unspecified atom stereocenters. The molecule has 1 aliphatic rings. The van der Waals surface area contributed by atoms with E-state index in [0.717, 1.165) is 11.3 Å². The number of methoxy groups -OCH3 is 1. The molecule has 2 heterocycles. The highest BCUT2D eigenvalue weighted by Crippen LogP contribution is 2.40. The number of phenolic OH excluding ortho intramolecular Hbond substituents is 1. The third-order valence-electron chi connectivity index (χ3n) is 5.82. The number of allylic oxidation sites excluding steroid dienone is 1. The van der Waals surface area contributed by atoms with Crippen LogP contribution in [0.1, 0.15) is 37.9 Å². The maximum absolute atomic E-state index is 13.8. The number of hydrogen-bond acceptors (Lipinski definition) is 10. The zero-order chi connectivity index (χ0) is 27.6. The molecule has 0 bridgehead atoms. The molecule has 1 atom stereocenters. The smallest absolute Gasteiger partial charge is 0.338 e.